The van der Waals surface area contributed by atoms with Crippen LogP contribution in [0.5, 0.6) is 17.2 Å². The number of anilines is 2. The summed E-state index contributed by atoms with van der Waals surface area (Å²) in [5, 5.41) is 32.4. The van der Waals surface area contributed by atoms with E-state index in [9.17, 15) is 24.9 Å². The monoisotopic (exact) mass is 707 g/mol. The summed E-state index contributed by atoms with van der Waals surface area (Å²) in [4.78, 5) is 37.9. The zero-order valence-electron chi connectivity index (χ0n) is 29.5. The maximum absolute atomic E-state index is 15.0. The molecule has 6 aromatic rings. The minimum Gasteiger partial charge on any atom is -0.508 e. The molecule has 2 amide bonds. The number of hydrogen-bond donors (Lipinski definition) is 3. The van der Waals surface area contributed by atoms with Crippen molar-refractivity contribution in [2.45, 2.75) is 19.0 Å². The van der Waals surface area contributed by atoms with Gasteiger partial charge < -0.3 is 29.7 Å². The first-order valence-corrected chi connectivity index (χ1v) is 17.9. The first-order valence-electron chi connectivity index (χ1n) is 17.9. The molecule has 0 spiro atoms. The average Bonchev–Trinajstić information content (AvgIpc) is 3.57. The van der Waals surface area contributed by atoms with Crippen LogP contribution in [0.2, 0.25) is 0 Å². The standard InChI is InChI=1S/C43H41N5O5/c1-44-19-21-45(22-20-44)27-33-23-29-9-5-6-10-30(29)26-46(33)42(52)36-24-40(50)41(51)25-39(36)47-28-37(35-13-7-8-14-38(35)47)43(53)48(31-11-3-2-4-12-31)32-15-17-34(49)18-16-32/h2-18,24-25,28,33,49-51H,19-23,26-27H2,1H3/t33-/m0/s1. The Morgan fingerprint density at radius 2 is 1.36 bits per heavy atom. The Kier molecular flexibility index (Phi) is 9.07. The van der Waals surface area contributed by atoms with Crippen LogP contribution in [0.25, 0.3) is 16.6 Å². The highest BCUT2D eigenvalue weighted by molar-refractivity contribution is 6.17. The van der Waals surface area contributed by atoms with Gasteiger partial charge >= 0.3 is 0 Å². The Balaban J connectivity index is 1.23. The lowest BCUT2D eigenvalue weighted by Crippen LogP contribution is -2.53. The molecular formula is C43H41N5O5. The fourth-order valence-corrected chi connectivity index (χ4v) is 7.64. The lowest BCUT2D eigenvalue weighted by atomic mass is 9.92. The first-order chi connectivity index (χ1) is 25.7. The molecular weight excluding hydrogens is 667 g/mol. The number of phenols is 3. The molecule has 5 aromatic carbocycles. The summed E-state index contributed by atoms with van der Waals surface area (Å²) in [6.45, 7) is 4.87. The number of likely N-dealkylation sites (N-methyl/N-ethyl adjacent to an activating group) is 1. The molecule has 2 aliphatic rings. The molecule has 1 atom stereocenters. The molecule has 8 rings (SSSR count). The van der Waals surface area contributed by atoms with Crippen LogP contribution < -0.4 is 4.90 Å². The van der Waals surface area contributed by atoms with Crippen LogP contribution in [-0.4, -0.2) is 92.2 Å². The fraction of sp³-hybridized carbons (Fsp3) is 0.209. The van der Waals surface area contributed by atoms with E-state index in [1.807, 2.05) is 71.6 Å². The average molecular weight is 708 g/mol. The highest BCUT2D eigenvalue weighted by Gasteiger charge is 2.34. The molecule has 0 aliphatic carbocycles. The summed E-state index contributed by atoms with van der Waals surface area (Å²) >= 11 is 0. The molecule has 53 heavy (non-hydrogen) atoms. The quantitative estimate of drug-likeness (QED) is 0.162. The second-order valence-electron chi connectivity index (χ2n) is 13.9. The number of rotatable bonds is 7. The molecule has 1 saturated heterocycles. The van der Waals surface area contributed by atoms with Gasteiger partial charge in [-0.3, -0.25) is 19.4 Å². The van der Waals surface area contributed by atoms with Gasteiger partial charge in [-0.05, 0) is 73.1 Å². The van der Waals surface area contributed by atoms with E-state index in [0.29, 0.717) is 53.0 Å². The van der Waals surface area contributed by atoms with E-state index in [2.05, 4.69) is 29.0 Å². The summed E-state index contributed by atoms with van der Waals surface area (Å²) < 4.78 is 1.75. The third kappa shape index (κ3) is 6.59. The third-order valence-electron chi connectivity index (χ3n) is 10.5. The first kappa shape index (κ1) is 34.0. The normalized spacial score (nSPS) is 16.4. The lowest BCUT2D eigenvalue weighted by molar-refractivity contribution is 0.0535. The van der Waals surface area contributed by atoms with E-state index in [4.69, 9.17) is 0 Å². The SMILES string of the molecule is CN1CCN(C[C@@H]2Cc3ccccc3CN2C(=O)c2cc(O)c(O)cc2-n2cc(C(=O)N(c3ccccc3)c3ccc(O)cc3)c3ccccc32)CC1. The predicted octanol–water partition coefficient (Wildman–Crippen LogP) is 6.54. The van der Waals surface area contributed by atoms with Gasteiger partial charge in [-0.15, -0.1) is 0 Å². The number of para-hydroxylation sites is 2. The van der Waals surface area contributed by atoms with E-state index in [0.717, 1.165) is 31.7 Å². The summed E-state index contributed by atoms with van der Waals surface area (Å²) in [6.07, 6.45) is 2.39. The molecule has 268 valence electrons. The van der Waals surface area contributed by atoms with Gasteiger partial charge in [-0.25, -0.2) is 0 Å². The van der Waals surface area contributed by atoms with Gasteiger partial charge in [0.2, 0.25) is 0 Å². The molecule has 3 heterocycles. The van der Waals surface area contributed by atoms with Gasteiger partial charge in [0.05, 0.1) is 22.3 Å². The molecule has 0 saturated carbocycles. The topological polar surface area (TPSA) is 113 Å². The Bertz CT molecular complexity index is 2300. The van der Waals surface area contributed by atoms with E-state index in [-0.39, 0.29) is 34.9 Å². The zero-order valence-corrected chi connectivity index (χ0v) is 29.5. The number of carbonyl (C=O) groups excluding carboxylic acids is 2. The molecule has 1 fully saturated rings. The fourth-order valence-electron chi connectivity index (χ4n) is 7.64. The second kappa shape index (κ2) is 14.1. The number of fused-ring (bicyclic) bond motifs is 2. The Morgan fingerprint density at radius 3 is 2.11 bits per heavy atom. The zero-order chi connectivity index (χ0) is 36.6. The third-order valence-corrected chi connectivity index (χ3v) is 10.5. The van der Waals surface area contributed by atoms with Gasteiger partial charge in [0, 0.05) is 74.3 Å². The number of aromatic hydroxyl groups is 3. The number of phenolic OH excluding ortho intramolecular Hbond substituents is 3. The number of carbonyl (C=O) groups is 2. The van der Waals surface area contributed by atoms with Crippen molar-refractivity contribution in [1.29, 1.82) is 0 Å². The molecule has 0 radical (unpaired) electrons. The maximum Gasteiger partial charge on any atom is 0.265 e. The van der Waals surface area contributed by atoms with Crippen LogP contribution in [0.3, 0.4) is 0 Å². The van der Waals surface area contributed by atoms with E-state index in [1.165, 1.54) is 29.8 Å². The lowest BCUT2D eigenvalue weighted by Gasteiger charge is -2.41. The van der Waals surface area contributed by atoms with Crippen molar-refractivity contribution in [3.8, 4) is 22.9 Å². The van der Waals surface area contributed by atoms with Crippen LogP contribution in [0, 0.1) is 0 Å². The van der Waals surface area contributed by atoms with Gasteiger partial charge in [-0.1, -0.05) is 60.7 Å². The second-order valence-corrected chi connectivity index (χ2v) is 13.9. The largest absolute Gasteiger partial charge is 0.508 e. The van der Waals surface area contributed by atoms with Crippen LogP contribution in [0.4, 0.5) is 11.4 Å². The van der Waals surface area contributed by atoms with Crippen molar-refractivity contribution in [3.63, 3.8) is 0 Å². The Labute approximate surface area is 308 Å². The van der Waals surface area contributed by atoms with Gasteiger partial charge in [0.25, 0.3) is 11.8 Å². The van der Waals surface area contributed by atoms with E-state index >= 15 is 0 Å². The molecule has 0 unspecified atom stereocenters. The number of amides is 2. The molecule has 0 bridgehead atoms. The molecule has 1 aromatic heterocycles. The molecule has 10 nitrogen and oxygen atoms in total. The highest BCUT2D eigenvalue weighted by atomic mass is 16.3. The van der Waals surface area contributed by atoms with Crippen LogP contribution >= 0.6 is 0 Å². The van der Waals surface area contributed by atoms with Crippen molar-refractivity contribution < 1.29 is 24.9 Å². The molecule has 3 N–H and O–H groups in total. The smallest absolute Gasteiger partial charge is 0.265 e. The van der Waals surface area contributed by atoms with Crippen molar-refractivity contribution in [2.75, 3.05) is 44.7 Å². The highest BCUT2D eigenvalue weighted by Crippen LogP contribution is 2.37. The number of hydrogen-bond acceptors (Lipinski definition) is 7. The summed E-state index contributed by atoms with van der Waals surface area (Å²) in [6, 6.07) is 34.0. The number of nitrogens with zero attached hydrogens (tertiary/aromatic N) is 5. The minimum atomic E-state index is -0.402. The van der Waals surface area contributed by atoms with Crippen molar-refractivity contribution >= 4 is 34.1 Å². The van der Waals surface area contributed by atoms with Crippen molar-refractivity contribution in [2.24, 2.45) is 0 Å². The van der Waals surface area contributed by atoms with E-state index < -0.39 is 5.75 Å². The predicted molar refractivity (Wildman–Crippen MR) is 205 cm³/mol. The van der Waals surface area contributed by atoms with Crippen LogP contribution in [0.1, 0.15) is 31.8 Å². The molecule has 10 heteroatoms. The number of aromatic nitrogens is 1. The summed E-state index contributed by atoms with van der Waals surface area (Å²) in [5.41, 5.74) is 5.06. The Hall–Kier alpha value is -6.10. The number of piperazine rings is 1. The summed E-state index contributed by atoms with van der Waals surface area (Å²) in [5.74, 6) is -1.30. The molecule has 2 aliphatic heterocycles. The van der Waals surface area contributed by atoms with Crippen molar-refractivity contribution in [1.82, 2.24) is 19.3 Å². The van der Waals surface area contributed by atoms with Gasteiger partial charge in [0.1, 0.15) is 5.75 Å². The van der Waals surface area contributed by atoms with Gasteiger partial charge in [-0.2, -0.15) is 0 Å². The van der Waals surface area contributed by atoms with Crippen LogP contribution in [-0.2, 0) is 13.0 Å². The van der Waals surface area contributed by atoms with Crippen molar-refractivity contribution in [3.05, 3.63) is 144 Å². The minimum absolute atomic E-state index is 0.0816. The Morgan fingerprint density at radius 1 is 0.717 bits per heavy atom. The van der Waals surface area contributed by atoms with Gasteiger partial charge in [0.15, 0.2) is 11.5 Å². The number of benzene rings is 5. The summed E-state index contributed by atoms with van der Waals surface area (Å²) in [7, 11) is 2.12. The van der Waals surface area contributed by atoms with Crippen LogP contribution in [0.15, 0.2) is 121 Å². The van der Waals surface area contributed by atoms with E-state index in [1.54, 1.807) is 27.8 Å². The maximum atomic E-state index is 15.0.